The highest BCUT2D eigenvalue weighted by atomic mass is 32.1. The van der Waals surface area contributed by atoms with Gasteiger partial charge >= 0.3 is 0 Å². The largest absolute Gasteiger partial charge is 0.360 e. The molecule has 7 heteroatoms. The summed E-state index contributed by atoms with van der Waals surface area (Å²) in [5.74, 6) is 0.894. The Morgan fingerprint density at radius 1 is 1.33 bits per heavy atom. The van der Waals surface area contributed by atoms with Crippen LogP contribution in [0.25, 0.3) is 0 Å². The molecule has 3 rings (SSSR count). The fraction of sp³-hybridized carbons (Fsp3) is 0.235. The minimum Gasteiger partial charge on any atom is -0.360 e. The Hall–Kier alpha value is -2.51. The summed E-state index contributed by atoms with van der Waals surface area (Å²) in [4.78, 5) is 16.9. The van der Waals surface area contributed by atoms with Crippen molar-refractivity contribution in [1.29, 1.82) is 0 Å². The highest BCUT2D eigenvalue weighted by molar-refractivity contribution is 7.07. The SMILES string of the molecule is Cc1cc(NC(=O)C(NCCc2cscn2)c2ccccc2)no1. The number of benzene rings is 1. The van der Waals surface area contributed by atoms with Crippen molar-refractivity contribution in [1.82, 2.24) is 15.5 Å². The molecule has 0 aliphatic heterocycles. The van der Waals surface area contributed by atoms with Crippen LogP contribution < -0.4 is 10.6 Å². The summed E-state index contributed by atoms with van der Waals surface area (Å²) in [7, 11) is 0. The number of carbonyl (C=O) groups excluding carboxylic acids is 1. The van der Waals surface area contributed by atoms with Gasteiger partial charge in [-0.2, -0.15) is 0 Å². The lowest BCUT2D eigenvalue weighted by Crippen LogP contribution is -2.34. The number of aromatic nitrogens is 2. The van der Waals surface area contributed by atoms with Gasteiger partial charge in [-0.1, -0.05) is 35.5 Å². The third kappa shape index (κ3) is 4.27. The summed E-state index contributed by atoms with van der Waals surface area (Å²) in [6, 6.07) is 10.8. The number of nitrogens with one attached hydrogen (secondary N) is 2. The maximum Gasteiger partial charge on any atom is 0.247 e. The van der Waals surface area contributed by atoms with Crippen LogP contribution in [-0.4, -0.2) is 22.6 Å². The summed E-state index contributed by atoms with van der Waals surface area (Å²) in [5, 5.41) is 11.9. The van der Waals surface area contributed by atoms with Crippen molar-refractivity contribution in [2.75, 3.05) is 11.9 Å². The molecule has 0 radical (unpaired) electrons. The van der Waals surface area contributed by atoms with Crippen LogP contribution in [0.1, 0.15) is 23.1 Å². The van der Waals surface area contributed by atoms with E-state index in [4.69, 9.17) is 4.52 Å². The van der Waals surface area contributed by atoms with Crippen LogP contribution in [0.2, 0.25) is 0 Å². The monoisotopic (exact) mass is 342 g/mol. The summed E-state index contributed by atoms with van der Waals surface area (Å²) in [6.45, 7) is 2.43. The van der Waals surface area contributed by atoms with Crippen molar-refractivity contribution in [3.8, 4) is 0 Å². The minimum absolute atomic E-state index is 0.173. The molecule has 0 bridgehead atoms. The number of hydrogen-bond acceptors (Lipinski definition) is 6. The van der Waals surface area contributed by atoms with E-state index in [2.05, 4.69) is 20.8 Å². The normalized spacial score (nSPS) is 12.0. The van der Waals surface area contributed by atoms with Crippen molar-refractivity contribution >= 4 is 23.1 Å². The number of nitrogens with zero attached hydrogens (tertiary/aromatic N) is 2. The van der Waals surface area contributed by atoms with Crippen LogP contribution in [0.4, 0.5) is 5.82 Å². The molecule has 0 fully saturated rings. The minimum atomic E-state index is -0.471. The second-order valence-corrected chi connectivity index (χ2v) is 6.06. The molecular formula is C17H18N4O2S. The Kier molecular flexibility index (Phi) is 5.35. The first-order chi connectivity index (χ1) is 11.7. The predicted octanol–water partition coefficient (Wildman–Crippen LogP) is 2.95. The van der Waals surface area contributed by atoms with E-state index in [0.717, 1.165) is 17.7 Å². The predicted molar refractivity (Wildman–Crippen MR) is 92.9 cm³/mol. The first kappa shape index (κ1) is 16.4. The molecule has 2 aromatic heterocycles. The molecule has 3 aromatic rings. The number of hydrogen-bond donors (Lipinski definition) is 2. The Bertz CT molecular complexity index is 771. The van der Waals surface area contributed by atoms with Crippen LogP contribution in [0.3, 0.4) is 0 Å². The van der Waals surface area contributed by atoms with Crippen LogP contribution in [0.5, 0.6) is 0 Å². The molecule has 1 amide bonds. The lowest BCUT2D eigenvalue weighted by atomic mass is 10.1. The smallest absolute Gasteiger partial charge is 0.247 e. The molecule has 2 N–H and O–H groups in total. The Morgan fingerprint density at radius 2 is 2.17 bits per heavy atom. The molecule has 1 atom stereocenters. The van der Waals surface area contributed by atoms with E-state index in [0.29, 0.717) is 18.1 Å². The van der Waals surface area contributed by atoms with Crippen LogP contribution in [-0.2, 0) is 11.2 Å². The van der Waals surface area contributed by atoms with Crippen LogP contribution in [0, 0.1) is 6.92 Å². The second kappa shape index (κ2) is 7.85. The number of aryl methyl sites for hydroxylation is 1. The average Bonchev–Trinajstić information content (AvgIpc) is 3.24. The van der Waals surface area contributed by atoms with Gasteiger partial charge in [0.05, 0.1) is 11.2 Å². The second-order valence-electron chi connectivity index (χ2n) is 5.34. The van der Waals surface area contributed by atoms with E-state index in [1.54, 1.807) is 24.3 Å². The number of rotatable bonds is 7. The fourth-order valence-corrected chi connectivity index (χ4v) is 2.93. The van der Waals surface area contributed by atoms with Crippen molar-refractivity contribution in [2.45, 2.75) is 19.4 Å². The Balaban J connectivity index is 1.68. The Labute approximate surface area is 143 Å². The van der Waals surface area contributed by atoms with Crippen molar-refractivity contribution in [3.05, 3.63) is 64.3 Å². The van der Waals surface area contributed by atoms with Gasteiger partial charge in [0, 0.05) is 24.4 Å². The van der Waals surface area contributed by atoms with Crippen LogP contribution in [0.15, 0.2) is 51.8 Å². The summed E-state index contributed by atoms with van der Waals surface area (Å²) < 4.78 is 4.99. The molecule has 1 aromatic carbocycles. The van der Waals surface area contributed by atoms with Gasteiger partial charge in [0.1, 0.15) is 11.8 Å². The van der Waals surface area contributed by atoms with E-state index in [9.17, 15) is 4.79 Å². The molecule has 0 aliphatic rings. The third-order valence-corrected chi connectivity index (χ3v) is 4.12. The van der Waals surface area contributed by atoms with Gasteiger partial charge < -0.3 is 15.2 Å². The quantitative estimate of drug-likeness (QED) is 0.690. The van der Waals surface area contributed by atoms with Gasteiger partial charge in [-0.25, -0.2) is 4.98 Å². The lowest BCUT2D eigenvalue weighted by Gasteiger charge is -2.18. The molecule has 124 valence electrons. The zero-order chi connectivity index (χ0) is 16.8. The average molecular weight is 342 g/mol. The summed E-state index contributed by atoms with van der Waals surface area (Å²) in [5.41, 5.74) is 3.73. The maximum atomic E-state index is 12.6. The Morgan fingerprint density at radius 3 is 2.83 bits per heavy atom. The summed E-state index contributed by atoms with van der Waals surface area (Å²) >= 11 is 1.57. The molecule has 6 nitrogen and oxygen atoms in total. The standard InChI is InChI=1S/C17H18N4O2S/c1-12-9-15(21-23-12)20-17(22)16(13-5-3-2-4-6-13)18-8-7-14-10-24-11-19-14/h2-6,9-11,16,18H,7-8H2,1H3,(H,20,21,22). The molecule has 0 aliphatic carbocycles. The van der Waals surface area contributed by atoms with E-state index >= 15 is 0 Å². The molecular weight excluding hydrogens is 324 g/mol. The lowest BCUT2D eigenvalue weighted by molar-refractivity contribution is -0.118. The molecule has 1 unspecified atom stereocenters. The van der Waals surface area contributed by atoms with E-state index in [1.165, 1.54) is 0 Å². The number of anilines is 1. The summed E-state index contributed by atoms with van der Waals surface area (Å²) in [6.07, 6.45) is 0.767. The van der Waals surface area contributed by atoms with Gasteiger partial charge in [-0.15, -0.1) is 11.3 Å². The molecule has 0 spiro atoms. The van der Waals surface area contributed by atoms with Gasteiger partial charge in [0.2, 0.25) is 5.91 Å². The maximum absolute atomic E-state index is 12.6. The van der Waals surface area contributed by atoms with Crippen molar-refractivity contribution < 1.29 is 9.32 Å². The molecule has 0 saturated carbocycles. The van der Waals surface area contributed by atoms with Gasteiger partial charge in [0.25, 0.3) is 0 Å². The molecule has 2 heterocycles. The van der Waals surface area contributed by atoms with Crippen LogP contribution >= 0.6 is 11.3 Å². The molecule has 0 saturated heterocycles. The molecule has 24 heavy (non-hydrogen) atoms. The number of carbonyl (C=O) groups is 1. The first-order valence-corrected chi connectivity index (χ1v) is 8.56. The fourth-order valence-electron chi connectivity index (χ4n) is 2.34. The number of thiazole rings is 1. The first-order valence-electron chi connectivity index (χ1n) is 7.62. The van der Waals surface area contributed by atoms with E-state index in [-0.39, 0.29) is 5.91 Å². The third-order valence-electron chi connectivity index (χ3n) is 3.49. The van der Waals surface area contributed by atoms with Crippen molar-refractivity contribution in [3.63, 3.8) is 0 Å². The van der Waals surface area contributed by atoms with Gasteiger partial charge in [-0.3, -0.25) is 4.79 Å². The van der Waals surface area contributed by atoms with Crippen molar-refractivity contribution in [2.24, 2.45) is 0 Å². The van der Waals surface area contributed by atoms with E-state index < -0.39 is 6.04 Å². The highest BCUT2D eigenvalue weighted by Crippen LogP contribution is 2.16. The van der Waals surface area contributed by atoms with Gasteiger partial charge in [-0.05, 0) is 12.5 Å². The van der Waals surface area contributed by atoms with E-state index in [1.807, 2.05) is 41.2 Å². The topological polar surface area (TPSA) is 80.0 Å². The van der Waals surface area contributed by atoms with Gasteiger partial charge in [0.15, 0.2) is 5.82 Å². The zero-order valence-electron chi connectivity index (χ0n) is 13.2. The zero-order valence-corrected chi connectivity index (χ0v) is 14.0. The number of amides is 1. The highest BCUT2D eigenvalue weighted by Gasteiger charge is 2.21.